The van der Waals surface area contributed by atoms with Gasteiger partial charge < -0.3 is 0 Å². The molecule has 0 bridgehead atoms. The number of rotatable bonds is 3. The van der Waals surface area contributed by atoms with Gasteiger partial charge in [-0.3, -0.25) is 0 Å². The van der Waals surface area contributed by atoms with E-state index >= 15 is 0 Å². The molecule has 3 heteroatoms. The summed E-state index contributed by atoms with van der Waals surface area (Å²) >= 11 is 1.66. The Morgan fingerprint density at radius 1 is 1.64 bits per heavy atom. The van der Waals surface area contributed by atoms with E-state index < -0.39 is 0 Å². The van der Waals surface area contributed by atoms with Crippen molar-refractivity contribution >= 4 is 11.3 Å². The number of aromatic nitrogens is 1. The summed E-state index contributed by atoms with van der Waals surface area (Å²) in [7, 11) is 0. The molecule has 0 N–H and O–H groups in total. The number of nitriles is 1. The summed E-state index contributed by atoms with van der Waals surface area (Å²) < 4.78 is 0. The molecule has 0 amide bonds. The Morgan fingerprint density at radius 2 is 2.43 bits per heavy atom. The zero-order chi connectivity index (χ0) is 10.0. The van der Waals surface area contributed by atoms with Crippen LogP contribution in [0.5, 0.6) is 0 Å². The molecule has 1 heterocycles. The molecule has 74 valence electrons. The van der Waals surface area contributed by atoms with Crippen molar-refractivity contribution in [3.8, 4) is 6.07 Å². The molecule has 1 aliphatic rings. The van der Waals surface area contributed by atoms with E-state index in [4.69, 9.17) is 5.26 Å². The van der Waals surface area contributed by atoms with Crippen molar-refractivity contribution in [3.63, 3.8) is 0 Å². The van der Waals surface area contributed by atoms with Crippen molar-refractivity contribution in [1.82, 2.24) is 4.98 Å². The third-order valence-electron chi connectivity index (χ3n) is 2.89. The molecule has 0 aliphatic heterocycles. The fourth-order valence-electron chi connectivity index (χ4n) is 1.80. The Labute approximate surface area is 88.6 Å². The van der Waals surface area contributed by atoms with Gasteiger partial charge in [-0.1, -0.05) is 13.3 Å². The average molecular weight is 206 g/mol. The van der Waals surface area contributed by atoms with Crippen LogP contribution in [0.4, 0.5) is 0 Å². The van der Waals surface area contributed by atoms with E-state index in [0.29, 0.717) is 0 Å². The lowest BCUT2D eigenvalue weighted by Crippen LogP contribution is -2.32. The van der Waals surface area contributed by atoms with E-state index in [0.717, 1.165) is 36.4 Å². The van der Waals surface area contributed by atoms with Crippen LogP contribution in [0.15, 0.2) is 5.38 Å². The Morgan fingerprint density at radius 3 is 2.93 bits per heavy atom. The van der Waals surface area contributed by atoms with Crippen LogP contribution in [0.25, 0.3) is 0 Å². The smallest absolute Gasteiger partial charge is 0.113 e. The van der Waals surface area contributed by atoms with Gasteiger partial charge in [-0.05, 0) is 25.7 Å². The maximum absolute atomic E-state index is 9.15. The summed E-state index contributed by atoms with van der Waals surface area (Å²) in [5.74, 6) is 0. The molecular weight excluding hydrogens is 192 g/mol. The second kappa shape index (κ2) is 3.70. The molecule has 0 aromatic carbocycles. The molecule has 1 fully saturated rings. The van der Waals surface area contributed by atoms with Crippen molar-refractivity contribution < 1.29 is 0 Å². The first-order valence-electron chi connectivity index (χ1n) is 5.17. The van der Waals surface area contributed by atoms with Gasteiger partial charge in [-0.25, -0.2) is 4.98 Å². The first kappa shape index (κ1) is 9.67. The molecule has 1 saturated carbocycles. The number of thiazole rings is 1. The van der Waals surface area contributed by atoms with E-state index in [2.05, 4.69) is 23.4 Å². The van der Waals surface area contributed by atoms with Crippen LogP contribution in [0.1, 0.15) is 43.3 Å². The lowest BCUT2D eigenvalue weighted by molar-refractivity contribution is 0.322. The number of nitrogens with zero attached hydrogens (tertiary/aromatic N) is 2. The molecule has 2 rings (SSSR count). The Balaban J connectivity index is 2.20. The number of aryl methyl sites for hydroxylation is 1. The third kappa shape index (κ3) is 1.44. The van der Waals surface area contributed by atoms with Gasteiger partial charge in [0.15, 0.2) is 0 Å². The Kier molecular flexibility index (Phi) is 2.56. The second-order valence-corrected chi connectivity index (χ2v) is 4.80. The second-order valence-electron chi connectivity index (χ2n) is 3.94. The van der Waals surface area contributed by atoms with Gasteiger partial charge >= 0.3 is 0 Å². The first-order chi connectivity index (χ1) is 6.80. The molecular formula is C11H14N2S. The predicted octanol–water partition coefficient (Wildman–Crippen LogP) is 3.04. The monoisotopic (exact) mass is 206 g/mol. The molecule has 2 nitrogen and oxygen atoms in total. The van der Waals surface area contributed by atoms with Crippen LogP contribution in [-0.4, -0.2) is 4.98 Å². The largest absolute Gasteiger partial charge is 0.245 e. The molecule has 14 heavy (non-hydrogen) atoms. The van der Waals surface area contributed by atoms with Crippen molar-refractivity contribution in [2.45, 2.75) is 44.4 Å². The quantitative estimate of drug-likeness (QED) is 0.762. The van der Waals surface area contributed by atoms with Crippen molar-refractivity contribution in [3.05, 3.63) is 16.1 Å². The summed E-state index contributed by atoms with van der Waals surface area (Å²) in [6.07, 6.45) is 5.35. The van der Waals surface area contributed by atoms with Gasteiger partial charge in [0.25, 0.3) is 0 Å². The zero-order valence-electron chi connectivity index (χ0n) is 8.42. The maximum atomic E-state index is 9.15. The van der Waals surface area contributed by atoms with E-state index in [1.165, 1.54) is 6.42 Å². The minimum absolute atomic E-state index is 0.212. The topological polar surface area (TPSA) is 36.7 Å². The van der Waals surface area contributed by atoms with Gasteiger partial charge in [0.1, 0.15) is 10.4 Å². The van der Waals surface area contributed by atoms with E-state index in [1.54, 1.807) is 11.3 Å². The van der Waals surface area contributed by atoms with E-state index in [9.17, 15) is 0 Å². The minimum atomic E-state index is -0.212. The molecule has 0 atom stereocenters. The fourth-order valence-corrected chi connectivity index (χ4v) is 2.87. The van der Waals surface area contributed by atoms with Crippen LogP contribution < -0.4 is 0 Å². The highest BCUT2D eigenvalue weighted by molar-refractivity contribution is 7.09. The standard InChI is InChI=1S/C11H14N2S/c1-2-4-9-7-14-10(13-9)11(8-12)5-3-6-11/h7H,2-6H2,1H3. The van der Waals surface area contributed by atoms with Gasteiger partial charge in [0.05, 0.1) is 11.8 Å². The highest BCUT2D eigenvalue weighted by Gasteiger charge is 2.41. The first-order valence-corrected chi connectivity index (χ1v) is 6.05. The van der Waals surface area contributed by atoms with Gasteiger partial charge in [-0.2, -0.15) is 5.26 Å². The number of hydrogen-bond donors (Lipinski definition) is 0. The highest BCUT2D eigenvalue weighted by Crippen LogP contribution is 2.44. The van der Waals surface area contributed by atoms with Crippen LogP contribution in [0.2, 0.25) is 0 Å². The van der Waals surface area contributed by atoms with E-state index in [1.807, 2.05) is 0 Å². The maximum Gasteiger partial charge on any atom is 0.113 e. The van der Waals surface area contributed by atoms with Gasteiger partial charge in [-0.15, -0.1) is 11.3 Å². The van der Waals surface area contributed by atoms with Crippen LogP contribution in [-0.2, 0) is 11.8 Å². The summed E-state index contributed by atoms with van der Waals surface area (Å²) in [4.78, 5) is 4.56. The predicted molar refractivity (Wildman–Crippen MR) is 57.3 cm³/mol. The molecule has 1 aromatic rings. The Hall–Kier alpha value is -0.880. The van der Waals surface area contributed by atoms with Crippen LogP contribution >= 0.6 is 11.3 Å². The summed E-state index contributed by atoms with van der Waals surface area (Å²) in [6.45, 7) is 2.16. The lowest BCUT2D eigenvalue weighted by atomic mass is 9.70. The van der Waals surface area contributed by atoms with Gasteiger partial charge in [0.2, 0.25) is 0 Å². The highest BCUT2D eigenvalue weighted by atomic mass is 32.1. The Bertz CT molecular complexity index is 358. The third-order valence-corrected chi connectivity index (χ3v) is 3.98. The SMILES string of the molecule is CCCc1csc(C2(C#N)CCC2)n1. The normalized spacial score (nSPS) is 18.6. The molecule has 1 aliphatic carbocycles. The molecule has 1 aromatic heterocycles. The van der Waals surface area contributed by atoms with Crippen molar-refractivity contribution in [2.75, 3.05) is 0 Å². The fraction of sp³-hybridized carbons (Fsp3) is 0.636. The van der Waals surface area contributed by atoms with E-state index in [-0.39, 0.29) is 5.41 Å². The van der Waals surface area contributed by atoms with Crippen molar-refractivity contribution in [1.29, 1.82) is 5.26 Å². The average Bonchev–Trinajstić information content (AvgIpc) is 2.54. The summed E-state index contributed by atoms with van der Waals surface area (Å²) in [5, 5.41) is 12.3. The summed E-state index contributed by atoms with van der Waals surface area (Å²) in [5.41, 5.74) is 0.949. The molecule has 0 saturated heterocycles. The minimum Gasteiger partial charge on any atom is -0.245 e. The molecule has 0 unspecified atom stereocenters. The zero-order valence-corrected chi connectivity index (χ0v) is 9.23. The molecule has 0 radical (unpaired) electrons. The summed E-state index contributed by atoms with van der Waals surface area (Å²) in [6, 6.07) is 2.43. The lowest BCUT2D eigenvalue weighted by Gasteiger charge is -2.32. The van der Waals surface area contributed by atoms with Crippen LogP contribution in [0, 0.1) is 11.3 Å². The van der Waals surface area contributed by atoms with Crippen LogP contribution in [0.3, 0.4) is 0 Å². The number of hydrogen-bond acceptors (Lipinski definition) is 3. The molecule has 0 spiro atoms. The van der Waals surface area contributed by atoms with Crippen molar-refractivity contribution in [2.24, 2.45) is 0 Å². The van der Waals surface area contributed by atoms with Gasteiger partial charge in [0, 0.05) is 5.38 Å².